The molecule has 0 bridgehead atoms. The van der Waals surface area contributed by atoms with E-state index in [1.54, 1.807) is 23.5 Å². The average molecular weight is 575 g/mol. The number of carbonyl (C=O) groups excluding carboxylic acids is 1. The van der Waals surface area contributed by atoms with Gasteiger partial charge >= 0.3 is 0 Å². The maximum absolute atomic E-state index is 14.2. The molecule has 0 saturated heterocycles. The Bertz CT molecular complexity index is 1610. The molecule has 210 valence electrons. The van der Waals surface area contributed by atoms with Crippen LogP contribution < -0.4 is 0 Å². The zero-order valence-electron chi connectivity index (χ0n) is 23.9. The summed E-state index contributed by atoms with van der Waals surface area (Å²) in [6.07, 6.45) is 1.37. The van der Waals surface area contributed by atoms with Crippen LogP contribution in [0.5, 0.6) is 0 Å². The standard InChI is InChI=1S/C33H38N2O3S2/c1-6-23(2)35(40(37,38)30-13-9-11-24-10-7-8-12-27(24)30)22-31(36)34-20-18-29-28(19-21-39-29)32(34)25-14-16-26(17-15-25)33(3,4)5/h7-17,19,21,23,32H,6,18,20,22H2,1-5H3/t23-,32-/m1/s1. The number of rotatable bonds is 7. The second kappa shape index (κ2) is 11.1. The Hall–Kier alpha value is -3.00. The average Bonchev–Trinajstić information content (AvgIpc) is 3.43. The molecule has 0 saturated carbocycles. The molecule has 1 aromatic heterocycles. The summed E-state index contributed by atoms with van der Waals surface area (Å²) in [5, 5.41) is 3.62. The molecule has 4 aromatic rings. The van der Waals surface area contributed by atoms with Gasteiger partial charge in [0.25, 0.3) is 0 Å². The molecule has 0 fully saturated rings. The van der Waals surface area contributed by atoms with Crippen molar-refractivity contribution in [3.63, 3.8) is 0 Å². The molecule has 0 N–H and O–H groups in total. The van der Waals surface area contributed by atoms with Crippen molar-refractivity contribution in [3.05, 3.63) is 99.7 Å². The van der Waals surface area contributed by atoms with E-state index in [0.29, 0.717) is 18.4 Å². The van der Waals surface area contributed by atoms with Crippen LogP contribution in [0.4, 0.5) is 0 Å². The molecule has 1 aliphatic heterocycles. The highest BCUT2D eigenvalue weighted by Gasteiger charge is 2.37. The van der Waals surface area contributed by atoms with Crippen molar-refractivity contribution in [2.75, 3.05) is 13.1 Å². The molecule has 1 aliphatic rings. The molecule has 7 heteroatoms. The number of carbonyl (C=O) groups is 1. The minimum absolute atomic E-state index is 0.0287. The molecule has 3 aromatic carbocycles. The molecule has 1 amide bonds. The van der Waals surface area contributed by atoms with Crippen molar-refractivity contribution in [2.45, 2.75) is 69.9 Å². The van der Waals surface area contributed by atoms with E-state index in [1.165, 1.54) is 14.7 Å². The molecule has 5 rings (SSSR count). The summed E-state index contributed by atoms with van der Waals surface area (Å²) in [5.41, 5.74) is 3.45. The lowest BCUT2D eigenvalue weighted by Gasteiger charge is -2.38. The molecule has 40 heavy (non-hydrogen) atoms. The zero-order chi connectivity index (χ0) is 28.7. The fourth-order valence-corrected chi connectivity index (χ4v) is 8.34. The minimum atomic E-state index is -3.94. The first kappa shape index (κ1) is 28.5. The van der Waals surface area contributed by atoms with E-state index in [2.05, 4.69) is 56.5 Å². The quantitative estimate of drug-likeness (QED) is 0.235. The summed E-state index contributed by atoms with van der Waals surface area (Å²) in [6, 6.07) is 22.9. The van der Waals surface area contributed by atoms with E-state index >= 15 is 0 Å². The van der Waals surface area contributed by atoms with Crippen molar-refractivity contribution >= 4 is 38.0 Å². The van der Waals surface area contributed by atoms with Gasteiger partial charge in [0.05, 0.1) is 17.5 Å². The van der Waals surface area contributed by atoms with Crippen LogP contribution in [0.1, 0.15) is 68.6 Å². The predicted octanol–water partition coefficient (Wildman–Crippen LogP) is 7.16. The molecule has 0 radical (unpaired) electrons. The van der Waals surface area contributed by atoms with Gasteiger partial charge in [-0.1, -0.05) is 88.4 Å². The van der Waals surface area contributed by atoms with E-state index in [4.69, 9.17) is 0 Å². The van der Waals surface area contributed by atoms with E-state index in [1.807, 2.05) is 49.1 Å². The lowest BCUT2D eigenvalue weighted by atomic mass is 9.85. The Morgan fingerprint density at radius 3 is 2.42 bits per heavy atom. The topological polar surface area (TPSA) is 57.7 Å². The van der Waals surface area contributed by atoms with Gasteiger partial charge in [-0.3, -0.25) is 4.79 Å². The number of benzene rings is 3. The van der Waals surface area contributed by atoms with Crippen LogP contribution in [-0.2, 0) is 26.7 Å². The van der Waals surface area contributed by atoms with Crippen molar-refractivity contribution in [1.29, 1.82) is 0 Å². The van der Waals surface area contributed by atoms with Crippen molar-refractivity contribution in [1.82, 2.24) is 9.21 Å². The number of hydrogen-bond acceptors (Lipinski definition) is 4. The molecule has 0 aliphatic carbocycles. The molecular formula is C33H38N2O3S2. The number of nitrogens with zero attached hydrogens (tertiary/aromatic N) is 2. The SMILES string of the molecule is CC[C@@H](C)N(CC(=O)N1CCc2sccc2[C@H]1c1ccc(C(C)(C)C)cc1)S(=O)(=O)c1cccc2ccccc12. The summed E-state index contributed by atoms with van der Waals surface area (Å²) in [7, 11) is -3.94. The number of fused-ring (bicyclic) bond motifs is 2. The third-order valence-corrected chi connectivity index (χ3v) is 11.1. The monoisotopic (exact) mass is 574 g/mol. The Labute approximate surface area is 242 Å². The predicted molar refractivity (Wildman–Crippen MR) is 164 cm³/mol. The molecule has 2 atom stereocenters. The summed E-state index contributed by atoms with van der Waals surface area (Å²) in [4.78, 5) is 17.5. The summed E-state index contributed by atoms with van der Waals surface area (Å²) < 4.78 is 29.7. The normalized spacial score (nSPS) is 16.8. The van der Waals surface area contributed by atoms with Crippen LogP contribution in [0, 0.1) is 0 Å². The fourth-order valence-electron chi connectivity index (χ4n) is 5.56. The molecule has 0 spiro atoms. The van der Waals surface area contributed by atoms with Gasteiger partial charge in [-0.2, -0.15) is 4.31 Å². The van der Waals surface area contributed by atoms with Gasteiger partial charge in [-0.05, 0) is 64.8 Å². The van der Waals surface area contributed by atoms with Crippen molar-refractivity contribution in [2.24, 2.45) is 0 Å². The number of amides is 1. The second-order valence-electron chi connectivity index (χ2n) is 11.7. The van der Waals surface area contributed by atoms with Crippen LogP contribution in [-0.4, -0.2) is 42.7 Å². The Balaban J connectivity index is 1.51. The van der Waals surface area contributed by atoms with Gasteiger partial charge in [-0.15, -0.1) is 11.3 Å². The van der Waals surface area contributed by atoms with E-state index < -0.39 is 10.0 Å². The smallest absolute Gasteiger partial charge is 0.244 e. The maximum Gasteiger partial charge on any atom is 0.244 e. The highest BCUT2D eigenvalue weighted by Crippen LogP contribution is 2.39. The fraction of sp³-hybridized carbons (Fsp3) is 0.364. The second-order valence-corrected chi connectivity index (χ2v) is 14.6. The van der Waals surface area contributed by atoms with E-state index in [9.17, 15) is 13.2 Å². The van der Waals surface area contributed by atoms with Gasteiger partial charge in [0.2, 0.25) is 15.9 Å². The molecule has 0 unspecified atom stereocenters. The first-order valence-corrected chi connectivity index (χ1v) is 16.3. The third-order valence-electron chi connectivity index (χ3n) is 8.09. The van der Waals surface area contributed by atoms with Gasteiger partial charge in [0, 0.05) is 22.8 Å². The first-order valence-electron chi connectivity index (χ1n) is 14.0. The molecule has 2 heterocycles. The van der Waals surface area contributed by atoms with Crippen LogP contribution in [0.3, 0.4) is 0 Å². The summed E-state index contributed by atoms with van der Waals surface area (Å²) >= 11 is 1.73. The Kier molecular flexibility index (Phi) is 7.92. The number of thiophene rings is 1. The molecule has 5 nitrogen and oxygen atoms in total. The summed E-state index contributed by atoms with van der Waals surface area (Å²) in [5.74, 6) is -0.175. The largest absolute Gasteiger partial charge is 0.330 e. The minimum Gasteiger partial charge on any atom is -0.330 e. The van der Waals surface area contributed by atoms with Crippen LogP contribution >= 0.6 is 11.3 Å². The van der Waals surface area contributed by atoms with Gasteiger partial charge in [0.1, 0.15) is 0 Å². The lowest BCUT2D eigenvalue weighted by molar-refractivity contribution is -0.133. The van der Waals surface area contributed by atoms with Crippen molar-refractivity contribution in [3.8, 4) is 0 Å². The summed E-state index contributed by atoms with van der Waals surface area (Å²) in [6.45, 7) is 10.8. The number of hydrogen-bond donors (Lipinski definition) is 0. The van der Waals surface area contributed by atoms with Gasteiger partial charge in [-0.25, -0.2) is 8.42 Å². The van der Waals surface area contributed by atoms with Crippen molar-refractivity contribution < 1.29 is 13.2 Å². The lowest BCUT2D eigenvalue weighted by Crippen LogP contribution is -2.49. The van der Waals surface area contributed by atoms with Crippen LogP contribution in [0.25, 0.3) is 10.8 Å². The molecular weight excluding hydrogens is 537 g/mol. The van der Waals surface area contributed by atoms with E-state index in [0.717, 1.165) is 22.9 Å². The highest BCUT2D eigenvalue weighted by molar-refractivity contribution is 7.89. The third kappa shape index (κ3) is 5.35. The maximum atomic E-state index is 14.2. The Morgan fingerprint density at radius 1 is 1.02 bits per heavy atom. The van der Waals surface area contributed by atoms with Gasteiger partial charge < -0.3 is 4.90 Å². The van der Waals surface area contributed by atoms with Gasteiger partial charge in [0.15, 0.2) is 0 Å². The number of sulfonamides is 1. The van der Waals surface area contributed by atoms with Crippen LogP contribution in [0.2, 0.25) is 0 Å². The first-order chi connectivity index (χ1) is 19.0. The highest BCUT2D eigenvalue weighted by atomic mass is 32.2. The van der Waals surface area contributed by atoms with Crippen LogP contribution in [0.15, 0.2) is 83.1 Å². The zero-order valence-corrected chi connectivity index (χ0v) is 25.6. The Morgan fingerprint density at radius 2 is 1.73 bits per heavy atom. The van der Waals surface area contributed by atoms with E-state index in [-0.39, 0.29) is 34.8 Å².